The predicted octanol–water partition coefficient (Wildman–Crippen LogP) is 4.06. The Balaban J connectivity index is 1.20. The van der Waals surface area contributed by atoms with E-state index in [1.807, 2.05) is 0 Å². The van der Waals surface area contributed by atoms with Crippen LogP contribution in [0.4, 0.5) is 5.69 Å². The van der Waals surface area contributed by atoms with E-state index in [1.165, 1.54) is 0 Å². The number of fused-ring (bicyclic) bond motifs is 9. The zero-order chi connectivity index (χ0) is 31.6. The van der Waals surface area contributed by atoms with E-state index >= 15 is 0 Å². The van der Waals surface area contributed by atoms with Gasteiger partial charge in [-0.3, -0.25) is 28.9 Å². The van der Waals surface area contributed by atoms with Crippen molar-refractivity contribution >= 4 is 64.1 Å². The van der Waals surface area contributed by atoms with Gasteiger partial charge in [0.05, 0.1) is 30.4 Å². The third-order valence-corrected chi connectivity index (χ3v) is 12.2. The Bertz CT molecular complexity index is 1770. The van der Waals surface area contributed by atoms with Gasteiger partial charge < -0.3 is 24.9 Å². The lowest BCUT2D eigenvalue weighted by molar-refractivity contribution is -0.142. The summed E-state index contributed by atoms with van der Waals surface area (Å²) in [6, 6.07) is 12.1. The summed E-state index contributed by atoms with van der Waals surface area (Å²) in [6.45, 7) is -0.425. The molecule has 1 saturated heterocycles. The normalized spacial score (nSPS) is 27.6. The summed E-state index contributed by atoms with van der Waals surface area (Å²) in [7, 11) is 1.56. The van der Waals surface area contributed by atoms with Crippen molar-refractivity contribution in [1.82, 2.24) is 9.88 Å². The van der Waals surface area contributed by atoms with Crippen LogP contribution in [-0.2, 0) is 19.2 Å². The van der Waals surface area contributed by atoms with E-state index in [0.29, 0.717) is 34.2 Å². The van der Waals surface area contributed by atoms with Crippen LogP contribution in [0.25, 0.3) is 0 Å². The van der Waals surface area contributed by atoms with Gasteiger partial charge in [0.2, 0.25) is 11.8 Å². The van der Waals surface area contributed by atoms with Gasteiger partial charge in [0.15, 0.2) is 6.61 Å². The molecule has 3 fully saturated rings. The van der Waals surface area contributed by atoms with Gasteiger partial charge in [-0.25, -0.2) is 0 Å². The van der Waals surface area contributed by atoms with Crippen LogP contribution >= 0.6 is 34.7 Å². The molecule has 3 aromatic rings. The second-order valence-corrected chi connectivity index (χ2v) is 14.3. The minimum Gasteiger partial charge on any atom is -0.497 e. The fourth-order valence-corrected chi connectivity index (χ4v) is 10.8. The minimum absolute atomic E-state index is 0.0691. The monoisotopic (exact) mass is 669 g/mol. The third kappa shape index (κ3) is 5.10. The van der Waals surface area contributed by atoms with Crippen LogP contribution in [0.3, 0.4) is 0 Å². The fourth-order valence-electron chi connectivity index (χ4n) is 7.76. The molecule has 3 heterocycles. The van der Waals surface area contributed by atoms with E-state index in [-0.39, 0.29) is 71.1 Å². The number of H-pyrrole nitrogens is 1. The lowest BCUT2D eigenvalue weighted by Crippen LogP contribution is -2.42. The third-order valence-electron chi connectivity index (χ3n) is 9.40. The van der Waals surface area contributed by atoms with Crippen LogP contribution in [0, 0.1) is 29.6 Å². The lowest BCUT2D eigenvalue weighted by Gasteiger charge is -2.43. The molecule has 3 N–H and O–H groups in total. The average molecular weight is 670 g/mol. The Morgan fingerprint density at radius 3 is 2.53 bits per heavy atom. The highest BCUT2D eigenvalue weighted by Gasteiger charge is 2.69. The smallest absolute Gasteiger partial charge is 0.305 e. The number of aromatic nitrogens is 1. The number of carboxylic acids is 1. The summed E-state index contributed by atoms with van der Waals surface area (Å²) in [6.07, 6.45) is 0.378. The van der Waals surface area contributed by atoms with Gasteiger partial charge in [-0.2, -0.15) is 0 Å². The largest absolute Gasteiger partial charge is 0.497 e. The van der Waals surface area contributed by atoms with Gasteiger partial charge in [0.1, 0.15) is 11.5 Å². The number of amides is 3. The van der Waals surface area contributed by atoms with Gasteiger partial charge in [-0.1, -0.05) is 22.9 Å². The molecule has 234 valence electrons. The van der Waals surface area contributed by atoms with Crippen LogP contribution in [0.5, 0.6) is 11.5 Å². The van der Waals surface area contributed by atoms with E-state index in [4.69, 9.17) is 21.1 Å². The van der Waals surface area contributed by atoms with E-state index in [2.05, 4.69) is 10.3 Å². The summed E-state index contributed by atoms with van der Waals surface area (Å²) in [5, 5.41) is 13.1. The molecule has 1 aromatic heterocycles. The molecule has 0 spiro atoms. The molecule has 4 aliphatic rings. The molecular formula is C31H28ClN3O8S2. The highest BCUT2D eigenvalue weighted by molar-refractivity contribution is 8.00. The number of rotatable bonds is 9. The molecule has 6 unspecified atom stereocenters. The molecule has 11 nitrogen and oxygen atoms in total. The van der Waals surface area contributed by atoms with Crippen molar-refractivity contribution in [1.29, 1.82) is 0 Å². The number of likely N-dealkylation sites (tertiary alicyclic amines) is 1. The first-order valence-electron chi connectivity index (χ1n) is 14.5. The molecular weight excluding hydrogens is 642 g/mol. The van der Waals surface area contributed by atoms with Gasteiger partial charge in [-0.05, 0) is 66.6 Å². The second kappa shape index (κ2) is 11.5. The summed E-state index contributed by atoms with van der Waals surface area (Å²) in [5.41, 5.74) is 1.29. The van der Waals surface area contributed by atoms with Gasteiger partial charge in [-0.15, -0.1) is 11.8 Å². The number of methoxy groups -OCH3 is 1. The first-order valence-corrected chi connectivity index (χ1v) is 16.5. The number of aromatic amines is 1. The van der Waals surface area contributed by atoms with Crippen molar-refractivity contribution in [2.75, 3.05) is 25.6 Å². The molecule has 14 heteroatoms. The van der Waals surface area contributed by atoms with Crippen LogP contribution in [0.2, 0.25) is 5.02 Å². The van der Waals surface area contributed by atoms with Crippen LogP contribution < -0.4 is 19.7 Å². The zero-order valence-corrected chi connectivity index (χ0v) is 26.2. The fraction of sp³-hybridized carbons (Fsp3) is 0.387. The Hall–Kier alpha value is -3.81. The SMILES string of the molecule is COc1ccc(NC(=O)COc2ccc(Cl)cc2[C@H]2c3sc(=O)[nH]c3SC3C4CC(C5C(=O)N(CCC(=O)O)C(=O)C45)C32)cc1. The predicted molar refractivity (Wildman–Crippen MR) is 166 cm³/mol. The summed E-state index contributed by atoms with van der Waals surface area (Å²) < 4.78 is 11.3. The number of nitrogens with zero attached hydrogens (tertiary/aromatic N) is 1. The molecule has 2 bridgehead atoms. The number of imide groups is 1. The van der Waals surface area contributed by atoms with E-state index in [9.17, 15) is 29.1 Å². The zero-order valence-electron chi connectivity index (χ0n) is 23.9. The quantitative estimate of drug-likeness (QED) is 0.286. The van der Waals surface area contributed by atoms with Crippen molar-refractivity contribution in [3.05, 3.63) is 67.6 Å². The number of ether oxygens (including phenoxy) is 2. The summed E-state index contributed by atoms with van der Waals surface area (Å²) >= 11 is 9.18. The summed E-state index contributed by atoms with van der Waals surface area (Å²) in [4.78, 5) is 68.5. The molecule has 0 radical (unpaired) electrons. The lowest BCUT2D eigenvalue weighted by atomic mass is 9.68. The van der Waals surface area contributed by atoms with Crippen LogP contribution in [-0.4, -0.2) is 64.2 Å². The van der Waals surface area contributed by atoms with Gasteiger partial charge in [0, 0.05) is 38.9 Å². The van der Waals surface area contributed by atoms with Gasteiger partial charge >= 0.3 is 10.8 Å². The van der Waals surface area contributed by atoms with Crippen molar-refractivity contribution in [3.63, 3.8) is 0 Å². The maximum atomic E-state index is 13.6. The van der Waals surface area contributed by atoms with E-state index in [0.717, 1.165) is 26.1 Å². The molecule has 7 atom stereocenters. The molecule has 7 rings (SSSR count). The summed E-state index contributed by atoms with van der Waals surface area (Å²) in [5.74, 6) is -2.78. The Morgan fingerprint density at radius 2 is 1.82 bits per heavy atom. The molecule has 2 aliphatic heterocycles. The first-order chi connectivity index (χ1) is 21.6. The molecule has 3 amide bonds. The standard InChI is InChI=1S/C31H28ClN3O8S2/c1-42-15-5-3-14(4-6-15)33-20(36)12-43-19-7-2-13(32)10-16(19)22-23-17-11-18(26(23)44-28-27(22)45-31(41)34-28)25-24(17)29(39)35(30(25)40)9-8-21(37)38/h2-7,10,17-18,22-26H,8-9,11-12H2,1H3,(H,33,36)(H,34,41)(H,37,38)/t17?,18?,22-,23?,24?,25?,26?/m1/s1. The number of thioether (sulfide) groups is 1. The number of carbonyl (C=O) groups excluding carboxylic acids is 3. The Labute approximate surface area is 270 Å². The first kappa shape index (κ1) is 29.9. The highest BCUT2D eigenvalue weighted by atomic mass is 35.5. The van der Waals surface area contributed by atoms with Crippen molar-refractivity contribution < 1.29 is 33.8 Å². The number of nitrogens with one attached hydrogen (secondary N) is 2. The average Bonchev–Trinajstić information content (AvgIpc) is 3.74. The maximum absolute atomic E-state index is 13.6. The number of thiazole rings is 1. The Morgan fingerprint density at radius 1 is 1.09 bits per heavy atom. The number of carboxylic acid groups (broad SMARTS) is 1. The Kier molecular flexibility index (Phi) is 7.65. The van der Waals surface area contributed by atoms with Crippen molar-refractivity contribution in [2.24, 2.45) is 29.6 Å². The van der Waals surface area contributed by atoms with Crippen molar-refractivity contribution in [3.8, 4) is 11.5 Å². The van der Waals surface area contributed by atoms with Crippen LogP contribution in [0.15, 0.2) is 52.3 Å². The molecule has 45 heavy (non-hydrogen) atoms. The number of hydrogen-bond acceptors (Lipinski definition) is 9. The number of anilines is 1. The highest BCUT2D eigenvalue weighted by Crippen LogP contribution is 2.69. The van der Waals surface area contributed by atoms with E-state index < -0.39 is 17.8 Å². The van der Waals surface area contributed by atoms with E-state index in [1.54, 1.807) is 61.3 Å². The molecule has 2 saturated carbocycles. The van der Waals surface area contributed by atoms with Gasteiger partial charge in [0.25, 0.3) is 5.91 Å². The maximum Gasteiger partial charge on any atom is 0.305 e. The number of halogens is 1. The number of hydrogen-bond donors (Lipinski definition) is 3. The molecule has 2 aliphatic carbocycles. The number of benzene rings is 2. The van der Waals surface area contributed by atoms with Crippen LogP contribution in [0.1, 0.15) is 29.2 Å². The minimum atomic E-state index is -1.07. The molecule has 2 aromatic carbocycles. The number of carbonyl (C=O) groups is 4. The topological polar surface area (TPSA) is 155 Å². The van der Waals surface area contributed by atoms with Crippen molar-refractivity contribution in [2.45, 2.75) is 29.0 Å². The number of aliphatic carboxylic acids is 1. The second-order valence-electron chi connectivity index (χ2n) is 11.7.